The van der Waals surface area contributed by atoms with Gasteiger partial charge in [-0.1, -0.05) is 20.8 Å². The number of hydrogen-bond donors (Lipinski definition) is 1. The number of fused-ring (bicyclic) bond motifs is 1. The Morgan fingerprint density at radius 1 is 1.25 bits per heavy atom. The summed E-state index contributed by atoms with van der Waals surface area (Å²) in [4.78, 5) is 23.4. The highest BCUT2D eigenvalue weighted by atomic mass is 32.1. The van der Waals surface area contributed by atoms with Crippen molar-refractivity contribution in [3.05, 3.63) is 34.2 Å². The smallest absolute Gasteiger partial charge is 0.267 e. The highest BCUT2D eigenvalue weighted by molar-refractivity contribution is 7.20. The summed E-state index contributed by atoms with van der Waals surface area (Å²) in [5.74, 6) is 1.17. The summed E-state index contributed by atoms with van der Waals surface area (Å²) in [6, 6.07) is 1.77. The number of carbonyl (C=O) groups excluding carboxylic acids is 1. The third kappa shape index (κ3) is 2.91. The molecule has 6 nitrogen and oxygen atoms in total. The first kappa shape index (κ1) is 16.6. The van der Waals surface area contributed by atoms with Crippen LogP contribution in [0.1, 0.15) is 47.5 Å². The van der Waals surface area contributed by atoms with Gasteiger partial charge < -0.3 is 5.32 Å². The molecule has 0 saturated carbocycles. The topological polar surface area (TPSA) is 72.7 Å². The first-order valence-electron chi connectivity index (χ1n) is 7.76. The van der Waals surface area contributed by atoms with Gasteiger partial charge in [0.05, 0.1) is 10.6 Å². The summed E-state index contributed by atoms with van der Waals surface area (Å²) in [6.45, 7) is 10.2. The molecule has 0 bridgehead atoms. The molecule has 0 aliphatic carbocycles. The van der Waals surface area contributed by atoms with Crippen molar-refractivity contribution in [1.82, 2.24) is 19.7 Å². The maximum absolute atomic E-state index is 12.6. The van der Waals surface area contributed by atoms with Crippen LogP contribution in [-0.2, 0) is 12.5 Å². The average Bonchev–Trinajstić information content (AvgIpc) is 3.02. The predicted octanol–water partition coefficient (Wildman–Crippen LogP) is 3.59. The second-order valence-electron chi connectivity index (χ2n) is 6.95. The number of rotatable bonds is 2. The minimum Gasteiger partial charge on any atom is -0.304 e. The number of aromatic nitrogens is 4. The second kappa shape index (κ2) is 5.66. The molecule has 0 saturated heterocycles. The molecule has 126 valence electrons. The number of carbonyl (C=O) groups is 1. The lowest BCUT2D eigenvalue weighted by molar-refractivity contribution is 0.102. The van der Waals surface area contributed by atoms with E-state index in [1.807, 2.05) is 20.9 Å². The van der Waals surface area contributed by atoms with Gasteiger partial charge in [0.2, 0.25) is 0 Å². The lowest BCUT2D eigenvalue weighted by Gasteiger charge is -2.16. The summed E-state index contributed by atoms with van der Waals surface area (Å²) in [7, 11) is 1.81. The number of anilines is 1. The SMILES string of the molecule is Cc1nc(C(C)(C)C)nc2sc(C(=O)Nc3ccn(C)n3)c(C)c12. The summed E-state index contributed by atoms with van der Waals surface area (Å²) in [5.41, 5.74) is 1.70. The maximum Gasteiger partial charge on any atom is 0.267 e. The molecule has 1 N–H and O–H groups in total. The van der Waals surface area contributed by atoms with Crippen LogP contribution >= 0.6 is 11.3 Å². The molecule has 0 aliphatic rings. The molecule has 3 rings (SSSR count). The molecule has 7 heteroatoms. The molecule has 3 heterocycles. The van der Waals surface area contributed by atoms with Crippen molar-refractivity contribution in [1.29, 1.82) is 0 Å². The van der Waals surface area contributed by atoms with E-state index >= 15 is 0 Å². The molecule has 3 aromatic heterocycles. The standard InChI is InChI=1S/C17H21N5OS/c1-9-12-10(2)18-16(17(3,4)5)20-15(12)24-13(9)14(23)19-11-7-8-22(6)21-11/h7-8H,1-6H3,(H,19,21,23). The molecule has 0 aromatic carbocycles. The van der Waals surface area contributed by atoms with Crippen LogP contribution in [0.4, 0.5) is 5.82 Å². The molecule has 0 aliphatic heterocycles. The summed E-state index contributed by atoms with van der Waals surface area (Å²) in [6.07, 6.45) is 1.79. The van der Waals surface area contributed by atoms with Crippen molar-refractivity contribution >= 4 is 33.3 Å². The molecular formula is C17H21N5OS. The number of amides is 1. The molecule has 0 fully saturated rings. The van der Waals surface area contributed by atoms with E-state index in [1.54, 1.807) is 16.9 Å². The van der Waals surface area contributed by atoms with Gasteiger partial charge in [0, 0.05) is 30.1 Å². The van der Waals surface area contributed by atoms with E-state index in [0.29, 0.717) is 10.7 Å². The summed E-state index contributed by atoms with van der Waals surface area (Å²) < 4.78 is 1.65. The Labute approximate surface area is 144 Å². The Bertz CT molecular complexity index is 932. The summed E-state index contributed by atoms with van der Waals surface area (Å²) >= 11 is 1.40. The third-order valence-corrected chi connectivity index (χ3v) is 4.99. The van der Waals surface area contributed by atoms with E-state index < -0.39 is 0 Å². The fraction of sp³-hybridized carbons (Fsp3) is 0.412. The fourth-order valence-corrected chi connectivity index (χ4v) is 3.67. The number of thiophene rings is 1. The van der Waals surface area contributed by atoms with E-state index in [0.717, 1.165) is 27.3 Å². The van der Waals surface area contributed by atoms with Crippen molar-refractivity contribution in [3.8, 4) is 0 Å². The van der Waals surface area contributed by atoms with Crippen molar-refractivity contribution in [2.75, 3.05) is 5.32 Å². The number of aryl methyl sites for hydroxylation is 3. The van der Waals surface area contributed by atoms with Crippen molar-refractivity contribution in [3.63, 3.8) is 0 Å². The normalized spacial score (nSPS) is 11.9. The molecule has 24 heavy (non-hydrogen) atoms. The largest absolute Gasteiger partial charge is 0.304 e. The van der Waals surface area contributed by atoms with Crippen LogP contribution in [0.2, 0.25) is 0 Å². The molecule has 3 aromatic rings. The van der Waals surface area contributed by atoms with E-state index in [2.05, 4.69) is 36.2 Å². The number of nitrogens with zero attached hydrogens (tertiary/aromatic N) is 4. The first-order valence-corrected chi connectivity index (χ1v) is 8.57. The quantitative estimate of drug-likeness (QED) is 0.772. The molecule has 0 radical (unpaired) electrons. The van der Waals surface area contributed by atoms with Crippen molar-refractivity contribution in [2.24, 2.45) is 7.05 Å². The molecular weight excluding hydrogens is 322 g/mol. The third-order valence-electron chi connectivity index (χ3n) is 3.80. The molecule has 0 atom stereocenters. The van der Waals surface area contributed by atoms with Crippen molar-refractivity contribution in [2.45, 2.75) is 40.0 Å². The Morgan fingerprint density at radius 2 is 1.96 bits per heavy atom. The van der Waals surface area contributed by atoms with Gasteiger partial charge in [-0.15, -0.1) is 11.3 Å². The van der Waals surface area contributed by atoms with Gasteiger partial charge in [0.1, 0.15) is 10.7 Å². The molecule has 1 amide bonds. The monoisotopic (exact) mass is 343 g/mol. The van der Waals surface area contributed by atoms with Gasteiger partial charge in [0.25, 0.3) is 5.91 Å². The van der Waals surface area contributed by atoms with E-state index in [9.17, 15) is 4.79 Å². The van der Waals surface area contributed by atoms with E-state index in [1.165, 1.54) is 11.3 Å². The zero-order valence-corrected chi connectivity index (χ0v) is 15.6. The van der Waals surface area contributed by atoms with Gasteiger partial charge in [-0.2, -0.15) is 5.10 Å². The minimum atomic E-state index is -0.161. The van der Waals surface area contributed by atoms with Gasteiger partial charge in [-0.25, -0.2) is 9.97 Å². The van der Waals surface area contributed by atoms with Crippen LogP contribution in [0.15, 0.2) is 12.3 Å². The highest BCUT2D eigenvalue weighted by Gasteiger charge is 2.23. The summed E-state index contributed by atoms with van der Waals surface area (Å²) in [5, 5.41) is 7.99. The first-order chi connectivity index (χ1) is 11.2. The Hall–Kier alpha value is -2.28. The van der Waals surface area contributed by atoms with Crippen LogP contribution in [0, 0.1) is 13.8 Å². The fourth-order valence-electron chi connectivity index (χ4n) is 2.55. The van der Waals surface area contributed by atoms with Crippen LogP contribution in [0.3, 0.4) is 0 Å². The molecule has 0 unspecified atom stereocenters. The lowest BCUT2D eigenvalue weighted by atomic mass is 9.95. The van der Waals surface area contributed by atoms with Crippen molar-refractivity contribution < 1.29 is 4.79 Å². The van der Waals surface area contributed by atoms with Crippen LogP contribution in [0.5, 0.6) is 0 Å². The van der Waals surface area contributed by atoms with Crippen LogP contribution in [0.25, 0.3) is 10.2 Å². The van der Waals surface area contributed by atoms with Gasteiger partial charge in [-0.3, -0.25) is 9.48 Å². The Morgan fingerprint density at radius 3 is 2.54 bits per heavy atom. The Kier molecular flexibility index (Phi) is 3.91. The van der Waals surface area contributed by atoms with Gasteiger partial charge in [0.15, 0.2) is 5.82 Å². The Balaban J connectivity index is 2.04. The average molecular weight is 343 g/mol. The minimum absolute atomic E-state index is 0.132. The van der Waals surface area contributed by atoms with Crippen LogP contribution in [-0.4, -0.2) is 25.7 Å². The number of hydrogen-bond acceptors (Lipinski definition) is 5. The second-order valence-corrected chi connectivity index (χ2v) is 7.95. The van der Waals surface area contributed by atoms with Gasteiger partial charge >= 0.3 is 0 Å². The van der Waals surface area contributed by atoms with Gasteiger partial charge in [-0.05, 0) is 19.4 Å². The zero-order chi connectivity index (χ0) is 17.6. The lowest BCUT2D eigenvalue weighted by Crippen LogP contribution is -2.16. The number of nitrogens with one attached hydrogen (secondary N) is 1. The zero-order valence-electron chi connectivity index (χ0n) is 14.8. The predicted molar refractivity (Wildman–Crippen MR) is 96.8 cm³/mol. The highest BCUT2D eigenvalue weighted by Crippen LogP contribution is 2.33. The maximum atomic E-state index is 12.6. The van der Waals surface area contributed by atoms with Crippen LogP contribution < -0.4 is 5.32 Å². The van der Waals surface area contributed by atoms with E-state index in [-0.39, 0.29) is 11.3 Å². The molecule has 0 spiro atoms. The van der Waals surface area contributed by atoms with E-state index in [4.69, 9.17) is 4.98 Å².